The van der Waals surface area contributed by atoms with Crippen molar-refractivity contribution in [3.8, 4) is 11.7 Å². The molecule has 6 aliphatic rings. The zero-order chi connectivity index (χ0) is 31.5. The van der Waals surface area contributed by atoms with Gasteiger partial charge < -0.3 is 15.0 Å². The summed E-state index contributed by atoms with van der Waals surface area (Å²) in [7, 11) is -0.602. The monoisotopic (exact) mass is 641 g/mol. The molecule has 2 N–H and O–H groups in total. The van der Waals surface area contributed by atoms with E-state index in [-0.39, 0.29) is 11.4 Å². The second kappa shape index (κ2) is 11.7. The van der Waals surface area contributed by atoms with Crippen molar-refractivity contribution in [2.45, 2.75) is 89.0 Å². The number of rotatable bonds is 7. The average molecular weight is 642 g/mol. The molecule has 10 heteroatoms. The van der Waals surface area contributed by atoms with E-state index < -0.39 is 10.7 Å². The van der Waals surface area contributed by atoms with Gasteiger partial charge in [-0.05, 0) is 131 Å². The molecule has 0 spiro atoms. The van der Waals surface area contributed by atoms with Crippen LogP contribution in [0.25, 0.3) is 5.82 Å². The lowest BCUT2D eigenvalue weighted by Crippen LogP contribution is -2.40. The molecule has 0 aromatic carbocycles. The zero-order valence-electron chi connectivity index (χ0n) is 27.4. The Morgan fingerprint density at radius 3 is 2.70 bits per heavy atom. The van der Waals surface area contributed by atoms with Crippen molar-refractivity contribution in [3.05, 3.63) is 48.3 Å². The van der Waals surface area contributed by atoms with E-state index in [1.54, 1.807) is 4.68 Å². The van der Waals surface area contributed by atoms with Crippen molar-refractivity contribution < 1.29 is 9.53 Å². The summed E-state index contributed by atoms with van der Waals surface area (Å²) in [6.45, 7) is 9.03. The van der Waals surface area contributed by atoms with Crippen LogP contribution in [-0.4, -0.2) is 56.3 Å². The van der Waals surface area contributed by atoms with Gasteiger partial charge in [0.2, 0.25) is 5.88 Å². The first-order valence-electron chi connectivity index (χ1n) is 17.3. The quantitative estimate of drug-likeness (QED) is 0.272. The predicted octanol–water partition coefficient (Wildman–Crippen LogP) is 6.86. The molecular weight excluding hydrogens is 595 g/mol. The number of nitrogens with one attached hydrogen (secondary N) is 2. The number of carbonyl (C=O) groups excluding carboxylic acids is 1. The summed E-state index contributed by atoms with van der Waals surface area (Å²) in [5, 5.41) is 10.3. The molecule has 1 saturated heterocycles. The molecule has 3 aliphatic carbocycles. The summed E-state index contributed by atoms with van der Waals surface area (Å²) >= 11 is 0. The van der Waals surface area contributed by atoms with E-state index in [4.69, 9.17) is 14.8 Å². The topological polar surface area (TPSA) is 97.2 Å². The predicted molar refractivity (Wildman–Crippen MR) is 184 cm³/mol. The van der Waals surface area contributed by atoms with Gasteiger partial charge in [0, 0.05) is 42.0 Å². The van der Waals surface area contributed by atoms with Gasteiger partial charge in [-0.2, -0.15) is 0 Å². The number of aromatic nitrogens is 4. The Morgan fingerprint density at radius 2 is 1.96 bits per heavy atom. The van der Waals surface area contributed by atoms with Crippen molar-refractivity contribution in [2.24, 2.45) is 29.1 Å². The summed E-state index contributed by atoms with van der Waals surface area (Å²) in [4.78, 5) is 27.1. The van der Waals surface area contributed by atoms with Crippen molar-refractivity contribution in [1.82, 2.24) is 24.5 Å². The first-order valence-corrected chi connectivity index (χ1v) is 18.6. The highest BCUT2D eigenvalue weighted by molar-refractivity contribution is 8.13. The molecular formula is C36H47N7O2S. The van der Waals surface area contributed by atoms with Crippen molar-refractivity contribution in [2.75, 3.05) is 29.9 Å². The Kier molecular flexibility index (Phi) is 7.61. The minimum Gasteiger partial charge on any atom is -0.477 e. The molecule has 0 radical (unpaired) electrons. The molecule has 3 unspecified atom stereocenters. The SMILES string of the molecule is C/C=S1/NC(=O)c2ccc(-n3ccc(OCCC(C4CC4)C45CC4C5)n3)nc2N2CC(CCCCNc3ccc1cn3)CC2(C)C. The van der Waals surface area contributed by atoms with Crippen LogP contribution in [0, 0.1) is 29.1 Å². The minimum atomic E-state index is -0.602. The number of nitrogens with zero attached hydrogens (tertiary/aromatic N) is 5. The van der Waals surface area contributed by atoms with Gasteiger partial charge in [-0.1, -0.05) is 17.1 Å². The van der Waals surface area contributed by atoms with E-state index in [0.29, 0.717) is 28.6 Å². The molecule has 3 atom stereocenters. The molecule has 6 heterocycles. The fourth-order valence-corrected chi connectivity index (χ4v) is 9.54. The summed E-state index contributed by atoms with van der Waals surface area (Å²) in [5.74, 6) is 6.12. The molecule has 3 aromatic rings. The van der Waals surface area contributed by atoms with E-state index in [9.17, 15) is 4.79 Å². The summed E-state index contributed by atoms with van der Waals surface area (Å²) in [5.41, 5.74) is 1.15. The van der Waals surface area contributed by atoms with Gasteiger partial charge in [-0.3, -0.25) is 9.52 Å². The fourth-order valence-electron chi connectivity index (χ4n) is 8.34. The lowest BCUT2D eigenvalue weighted by atomic mass is 9.88. The summed E-state index contributed by atoms with van der Waals surface area (Å²) < 4.78 is 11.3. The summed E-state index contributed by atoms with van der Waals surface area (Å²) in [6, 6.07) is 9.80. The highest BCUT2D eigenvalue weighted by Gasteiger charge is 2.73. The molecule has 3 saturated carbocycles. The van der Waals surface area contributed by atoms with E-state index in [0.717, 1.165) is 86.1 Å². The van der Waals surface area contributed by atoms with Crippen LogP contribution in [0.3, 0.4) is 0 Å². The number of ether oxygens (including phenoxy) is 1. The van der Waals surface area contributed by atoms with Gasteiger partial charge in [0.1, 0.15) is 11.6 Å². The molecule has 3 aromatic heterocycles. The molecule has 9 rings (SSSR count). The first kappa shape index (κ1) is 30.0. The average Bonchev–Trinajstić information content (AvgIpc) is 4.00. The smallest absolute Gasteiger partial charge is 0.264 e. The van der Waals surface area contributed by atoms with Crippen LogP contribution < -0.4 is 19.7 Å². The fraction of sp³-hybridized carbons (Fsp3) is 0.583. The zero-order valence-corrected chi connectivity index (χ0v) is 28.2. The second-order valence-electron chi connectivity index (χ2n) is 14.9. The van der Waals surface area contributed by atoms with Crippen molar-refractivity contribution >= 4 is 33.6 Å². The van der Waals surface area contributed by atoms with Crippen LogP contribution in [0.1, 0.15) is 88.9 Å². The molecule has 4 bridgehead atoms. The molecule has 46 heavy (non-hydrogen) atoms. The Bertz CT molecular complexity index is 1640. The maximum Gasteiger partial charge on any atom is 0.264 e. The van der Waals surface area contributed by atoms with Gasteiger partial charge in [0.15, 0.2) is 5.82 Å². The van der Waals surface area contributed by atoms with Crippen LogP contribution in [0.15, 0.2) is 47.6 Å². The van der Waals surface area contributed by atoms with Crippen LogP contribution in [0.2, 0.25) is 0 Å². The first-order chi connectivity index (χ1) is 22.3. The highest BCUT2D eigenvalue weighted by atomic mass is 32.2. The molecule has 9 nitrogen and oxygen atoms in total. The molecule has 244 valence electrons. The number of pyridine rings is 2. The van der Waals surface area contributed by atoms with Gasteiger partial charge in [0.25, 0.3) is 5.91 Å². The standard InChI is InChI=1S/C36H47N7O2S/c1-4-46-27-10-12-30(38-22-27)37-16-6-5-7-24-19-35(2,3)42(23-24)33-28(34(44)41-46)11-13-31(39-33)43-17-14-32(40-43)45-18-15-29(25-8-9-25)36-20-26(36)21-36/h4,10-14,17,22,24-26,29H,5-9,15-16,18-21,23H2,1-3H3,(H,37,38)(H,41,44). The Labute approximate surface area is 275 Å². The van der Waals surface area contributed by atoms with Gasteiger partial charge in [-0.15, -0.1) is 5.10 Å². The van der Waals surface area contributed by atoms with Gasteiger partial charge in [-0.25, -0.2) is 14.6 Å². The second-order valence-corrected chi connectivity index (χ2v) is 16.7. The molecule has 4 fully saturated rings. The van der Waals surface area contributed by atoms with E-state index in [1.165, 1.54) is 25.7 Å². The largest absolute Gasteiger partial charge is 0.477 e. The maximum absolute atomic E-state index is 14.0. The van der Waals surface area contributed by atoms with Crippen molar-refractivity contribution in [1.29, 1.82) is 0 Å². The third kappa shape index (κ3) is 5.82. The third-order valence-corrected chi connectivity index (χ3v) is 12.9. The number of carbonyl (C=O) groups is 1. The molecule has 1 amide bonds. The minimum absolute atomic E-state index is 0.134. The van der Waals surface area contributed by atoms with E-state index in [1.807, 2.05) is 55.0 Å². The number of fused-ring (bicyclic) bond motifs is 9. The number of amides is 1. The Balaban J connectivity index is 1.06. The number of hydrogen-bond donors (Lipinski definition) is 2. The van der Waals surface area contributed by atoms with Gasteiger partial charge in [0.05, 0.1) is 12.2 Å². The number of anilines is 2. The van der Waals surface area contributed by atoms with Crippen LogP contribution in [0.4, 0.5) is 11.6 Å². The van der Waals surface area contributed by atoms with E-state index in [2.05, 4.69) is 33.8 Å². The Hall–Kier alpha value is -3.40. The number of hydrogen-bond acceptors (Lipinski definition) is 7. The Morgan fingerprint density at radius 1 is 1.11 bits per heavy atom. The molecule has 3 aliphatic heterocycles. The normalized spacial score (nSPS) is 28.9. The van der Waals surface area contributed by atoms with Crippen LogP contribution >= 0.6 is 10.7 Å². The highest BCUT2D eigenvalue weighted by Crippen LogP contribution is 2.81. The maximum atomic E-state index is 14.0. The van der Waals surface area contributed by atoms with Crippen molar-refractivity contribution in [3.63, 3.8) is 0 Å². The van der Waals surface area contributed by atoms with Crippen LogP contribution in [-0.2, 0) is 0 Å². The van der Waals surface area contributed by atoms with E-state index >= 15 is 0 Å². The summed E-state index contributed by atoms with van der Waals surface area (Å²) in [6.07, 6.45) is 15.1. The lowest BCUT2D eigenvalue weighted by molar-refractivity contribution is 0.0984. The van der Waals surface area contributed by atoms with Crippen LogP contribution in [0.5, 0.6) is 5.88 Å². The lowest BCUT2D eigenvalue weighted by Gasteiger charge is -2.34. The van der Waals surface area contributed by atoms with Gasteiger partial charge >= 0.3 is 0 Å². The third-order valence-electron chi connectivity index (χ3n) is 11.2.